The molecular formula is C16H18N2O3. The molecule has 0 unspecified atom stereocenters. The topological polar surface area (TPSA) is 63.8 Å². The summed E-state index contributed by atoms with van der Waals surface area (Å²) >= 11 is 0. The Kier molecular flexibility index (Phi) is 4.77. The highest BCUT2D eigenvalue weighted by atomic mass is 16.5. The summed E-state index contributed by atoms with van der Waals surface area (Å²) in [6, 6.07) is 7.50. The summed E-state index contributed by atoms with van der Waals surface area (Å²) in [7, 11) is 0. The number of aryl methyl sites for hydroxylation is 2. The van der Waals surface area contributed by atoms with Crippen molar-refractivity contribution in [3.8, 4) is 5.75 Å². The fraction of sp³-hybridized carbons (Fsp3) is 0.250. The average molecular weight is 286 g/mol. The Balaban J connectivity index is 1.88. The number of carbonyl (C=O) groups is 1. The smallest absolute Gasteiger partial charge is 0.277 e. The molecule has 0 atom stereocenters. The molecule has 1 amide bonds. The third-order valence-electron chi connectivity index (χ3n) is 3.15. The van der Waals surface area contributed by atoms with Crippen LogP contribution in [-0.4, -0.2) is 18.7 Å². The summed E-state index contributed by atoms with van der Waals surface area (Å²) in [6.45, 7) is 5.86. The molecule has 0 fully saturated rings. The molecule has 1 heterocycles. The van der Waals surface area contributed by atoms with Gasteiger partial charge >= 0.3 is 0 Å². The van der Waals surface area contributed by atoms with Gasteiger partial charge in [0.15, 0.2) is 6.61 Å². The van der Waals surface area contributed by atoms with E-state index in [2.05, 4.69) is 10.5 Å². The largest absolute Gasteiger partial charge is 0.483 e. The first-order valence-electron chi connectivity index (χ1n) is 6.63. The van der Waals surface area contributed by atoms with Gasteiger partial charge in [-0.15, -0.1) is 0 Å². The molecule has 1 N–H and O–H groups in total. The lowest BCUT2D eigenvalue weighted by atomic mass is 10.1. The van der Waals surface area contributed by atoms with Crippen molar-refractivity contribution in [1.82, 2.24) is 5.43 Å². The maximum Gasteiger partial charge on any atom is 0.277 e. The third-order valence-corrected chi connectivity index (χ3v) is 3.15. The van der Waals surface area contributed by atoms with Crippen molar-refractivity contribution in [2.24, 2.45) is 5.10 Å². The number of carbonyl (C=O) groups excluding carboxylic acids is 1. The fourth-order valence-corrected chi connectivity index (χ4v) is 1.85. The summed E-state index contributed by atoms with van der Waals surface area (Å²) in [6.07, 6.45) is 2.97. The molecule has 0 spiro atoms. The molecule has 2 rings (SSSR count). The van der Waals surface area contributed by atoms with E-state index in [0.717, 1.165) is 22.4 Å². The molecule has 5 heteroatoms. The maximum atomic E-state index is 11.7. The van der Waals surface area contributed by atoms with Crippen LogP contribution in [0.15, 0.2) is 40.0 Å². The monoisotopic (exact) mass is 286 g/mol. The Morgan fingerprint density at radius 1 is 1.29 bits per heavy atom. The summed E-state index contributed by atoms with van der Waals surface area (Å²) in [5.74, 6) is 1.000. The predicted octanol–water partition coefficient (Wildman–Crippen LogP) is 2.73. The Labute approximate surface area is 123 Å². The predicted molar refractivity (Wildman–Crippen MR) is 80.6 cm³/mol. The van der Waals surface area contributed by atoms with Gasteiger partial charge in [0, 0.05) is 0 Å². The standard InChI is InChI=1S/C16H18N2O3/c1-11-6-7-12(2)16(13(11)3)21-10-15(19)18-17-9-14-5-4-8-20-14/h4-9H,10H2,1-3H3,(H,18,19)/b17-9-. The van der Waals surface area contributed by atoms with Crippen LogP contribution < -0.4 is 10.2 Å². The van der Waals surface area contributed by atoms with Crippen molar-refractivity contribution in [1.29, 1.82) is 0 Å². The lowest BCUT2D eigenvalue weighted by Gasteiger charge is -2.13. The van der Waals surface area contributed by atoms with E-state index < -0.39 is 0 Å². The first-order chi connectivity index (χ1) is 10.1. The molecule has 21 heavy (non-hydrogen) atoms. The normalized spacial score (nSPS) is 10.8. The zero-order valence-electron chi connectivity index (χ0n) is 12.3. The van der Waals surface area contributed by atoms with Crippen molar-refractivity contribution in [2.45, 2.75) is 20.8 Å². The number of amides is 1. The second kappa shape index (κ2) is 6.74. The van der Waals surface area contributed by atoms with E-state index in [1.165, 1.54) is 12.5 Å². The van der Waals surface area contributed by atoms with Crippen LogP contribution >= 0.6 is 0 Å². The van der Waals surface area contributed by atoms with Gasteiger partial charge in [-0.2, -0.15) is 5.10 Å². The number of furan rings is 1. The Hall–Kier alpha value is -2.56. The van der Waals surface area contributed by atoms with Crippen LogP contribution in [0.5, 0.6) is 5.75 Å². The molecule has 5 nitrogen and oxygen atoms in total. The first kappa shape index (κ1) is 14.8. The zero-order valence-corrected chi connectivity index (χ0v) is 12.3. The van der Waals surface area contributed by atoms with E-state index in [1.807, 2.05) is 32.9 Å². The molecule has 0 radical (unpaired) electrons. The van der Waals surface area contributed by atoms with E-state index in [9.17, 15) is 4.79 Å². The molecule has 1 aromatic carbocycles. The minimum absolute atomic E-state index is 0.0827. The fourth-order valence-electron chi connectivity index (χ4n) is 1.85. The molecular weight excluding hydrogens is 268 g/mol. The maximum absolute atomic E-state index is 11.7. The summed E-state index contributed by atoms with van der Waals surface area (Å²) in [5, 5.41) is 3.79. The van der Waals surface area contributed by atoms with Gasteiger partial charge in [-0.3, -0.25) is 4.79 Å². The molecule has 0 aliphatic heterocycles. The van der Waals surface area contributed by atoms with Crippen molar-refractivity contribution in [3.05, 3.63) is 53.0 Å². The first-order valence-corrected chi connectivity index (χ1v) is 6.63. The number of hydrazone groups is 1. The highest BCUT2D eigenvalue weighted by Crippen LogP contribution is 2.25. The van der Waals surface area contributed by atoms with Crippen LogP contribution in [0.1, 0.15) is 22.5 Å². The van der Waals surface area contributed by atoms with E-state index in [0.29, 0.717) is 5.76 Å². The van der Waals surface area contributed by atoms with Crippen LogP contribution in [0.2, 0.25) is 0 Å². The molecule has 110 valence electrons. The van der Waals surface area contributed by atoms with Gasteiger partial charge in [0.05, 0.1) is 12.5 Å². The number of nitrogens with one attached hydrogen (secondary N) is 1. The van der Waals surface area contributed by atoms with E-state index >= 15 is 0 Å². The number of ether oxygens (including phenoxy) is 1. The summed E-state index contributed by atoms with van der Waals surface area (Å²) in [4.78, 5) is 11.7. The van der Waals surface area contributed by atoms with E-state index in [-0.39, 0.29) is 12.5 Å². The van der Waals surface area contributed by atoms with Crippen LogP contribution in [-0.2, 0) is 4.79 Å². The average Bonchev–Trinajstić information content (AvgIpc) is 2.96. The Morgan fingerprint density at radius 2 is 2.05 bits per heavy atom. The van der Waals surface area contributed by atoms with E-state index in [1.54, 1.807) is 12.1 Å². The zero-order chi connectivity index (χ0) is 15.2. The lowest BCUT2D eigenvalue weighted by molar-refractivity contribution is -0.123. The highest BCUT2D eigenvalue weighted by molar-refractivity contribution is 5.81. The molecule has 0 bridgehead atoms. The van der Waals surface area contributed by atoms with Crippen LogP contribution in [0.3, 0.4) is 0 Å². The van der Waals surface area contributed by atoms with Crippen LogP contribution in [0.4, 0.5) is 0 Å². The molecule has 0 saturated carbocycles. The van der Waals surface area contributed by atoms with E-state index in [4.69, 9.17) is 9.15 Å². The second-order valence-corrected chi connectivity index (χ2v) is 4.75. The van der Waals surface area contributed by atoms with Crippen molar-refractivity contribution < 1.29 is 13.9 Å². The van der Waals surface area contributed by atoms with Gasteiger partial charge in [0.1, 0.15) is 11.5 Å². The lowest BCUT2D eigenvalue weighted by Crippen LogP contribution is -2.25. The molecule has 0 aliphatic carbocycles. The molecule has 2 aromatic rings. The van der Waals surface area contributed by atoms with Gasteiger partial charge in [-0.25, -0.2) is 5.43 Å². The minimum Gasteiger partial charge on any atom is -0.483 e. The minimum atomic E-state index is -0.321. The van der Waals surface area contributed by atoms with Gasteiger partial charge in [-0.1, -0.05) is 12.1 Å². The summed E-state index contributed by atoms with van der Waals surface area (Å²) < 4.78 is 10.6. The quantitative estimate of drug-likeness (QED) is 0.679. The van der Waals surface area contributed by atoms with Gasteiger partial charge in [-0.05, 0) is 49.6 Å². The molecule has 0 saturated heterocycles. The Bertz CT molecular complexity index is 646. The number of hydrogen-bond donors (Lipinski definition) is 1. The number of benzene rings is 1. The second-order valence-electron chi connectivity index (χ2n) is 4.75. The number of nitrogens with zero attached hydrogens (tertiary/aromatic N) is 1. The molecule has 1 aromatic heterocycles. The van der Waals surface area contributed by atoms with Crippen molar-refractivity contribution in [2.75, 3.05) is 6.61 Å². The number of rotatable bonds is 5. The van der Waals surface area contributed by atoms with Gasteiger partial charge in [0.25, 0.3) is 5.91 Å². The summed E-state index contributed by atoms with van der Waals surface area (Å²) in [5.41, 5.74) is 5.57. The Morgan fingerprint density at radius 3 is 2.76 bits per heavy atom. The van der Waals surface area contributed by atoms with Crippen molar-refractivity contribution >= 4 is 12.1 Å². The number of hydrogen-bond acceptors (Lipinski definition) is 4. The van der Waals surface area contributed by atoms with Crippen LogP contribution in [0.25, 0.3) is 0 Å². The van der Waals surface area contributed by atoms with Crippen molar-refractivity contribution in [3.63, 3.8) is 0 Å². The third kappa shape index (κ3) is 3.95. The van der Waals surface area contributed by atoms with Gasteiger partial charge in [0.2, 0.25) is 0 Å². The molecule has 0 aliphatic rings. The van der Waals surface area contributed by atoms with Crippen LogP contribution in [0, 0.1) is 20.8 Å². The van der Waals surface area contributed by atoms with Gasteiger partial charge < -0.3 is 9.15 Å². The highest BCUT2D eigenvalue weighted by Gasteiger charge is 2.08. The SMILES string of the molecule is Cc1ccc(C)c(OCC(=O)N/N=C\c2ccco2)c1C.